The Labute approximate surface area is 284 Å². The van der Waals surface area contributed by atoms with Gasteiger partial charge in [-0.2, -0.15) is 0 Å². The Morgan fingerprint density at radius 1 is 0.875 bits per heavy atom. The van der Waals surface area contributed by atoms with Crippen molar-refractivity contribution >= 4 is 23.9 Å². The lowest BCUT2D eigenvalue weighted by molar-refractivity contribution is -0.147. The zero-order valence-electron chi connectivity index (χ0n) is 27.9. The summed E-state index contributed by atoms with van der Waals surface area (Å²) < 4.78 is 11.0. The molecule has 1 aliphatic rings. The van der Waals surface area contributed by atoms with Crippen LogP contribution < -0.4 is 10.6 Å². The maximum absolute atomic E-state index is 13.7. The number of amides is 3. The molecular formula is C38H51N3O7. The number of aliphatic hydroxyl groups is 1. The van der Waals surface area contributed by atoms with Crippen LogP contribution in [0.15, 0.2) is 86.0 Å². The summed E-state index contributed by atoms with van der Waals surface area (Å²) in [6.45, 7) is 7.73. The Kier molecular flexibility index (Phi) is 17.0. The Morgan fingerprint density at radius 3 is 2.15 bits per heavy atom. The van der Waals surface area contributed by atoms with E-state index in [-0.39, 0.29) is 57.4 Å². The van der Waals surface area contributed by atoms with Crippen LogP contribution in [-0.2, 0) is 37.0 Å². The topological polar surface area (TPSA) is 134 Å². The zero-order chi connectivity index (χ0) is 34.6. The summed E-state index contributed by atoms with van der Waals surface area (Å²) in [4.78, 5) is 54.2. The van der Waals surface area contributed by atoms with Crippen LogP contribution in [0.25, 0.3) is 0 Å². The predicted octanol–water partition coefficient (Wildman–Crippen LogP) is 5.46. The Hall–Kier alpha value is -4.44. The molecule has 10 heteroatoms. The second-order valence-corrected chi connectivity index (χ2v) is 12.3. The fraction of sp³-hybridized carbons (Fsp3) is 0.474. The lowest BCUT2D eigenvalue weighted by atomic mass is 9.84. The van der Waals surface area contributed by atoms with Gasteiger partial charge in [0.25, 0.3) is 0 Å². The second kappa shape index (κ2) is 21.4. The fourth-order valence-corrected chi connectivity index (χ4v) is 5.92. The first kappa shape index (κ1) is 38.0. The molecule has 0 heterocycles. The highest BCUT2D eigenvalue weighted by atomic mass is 16.6. The summed E-state index contributed by atoms with van der Waals surface area (Å²) in [5.41, 5.74) is 1.73. The number of aliphatic hydroxyl groups excluding tert-OH is 1. The van der Waals surface area contributed by atoms with Gasteiger partial charge in [-0.15, -0.1) is 13.2 Å². The van der Waals surface area contributed by atoms with Crippen molar-refractivity contribution in [1.29, 1.82) is 0 Å². The summed E-state index contributed by atoms with van der Waals surface area (Å²) >= 11 is 0. The van der Waals surface area contributed by atoms with Gasteiger partial charge in [-0.25, -0.2) is 9.59 Å². The molecule has 0 radical (unpaired) electrons. The van der Waals surface area contributed by atoms with Crippen molar-refractivity contribution in [3.63, 3.8) is 0 Å². The predicted molar refractivity (Wildman–Crippen MR) is 184 cm³/mol. The molecule has 1 fully saturated rings. The van der Waals surface area contributed by atoms with Crippen LogP contribution in [0.4, 0.5) is 4.79 Å². The number of hydrogen-bond donors (Lipinski definition) is 3. The molecule has 260 valence electrons. The van der Waals surface area contributed by atoms with Gasteiger partial charge in [-0.3, -0.25) is 9.59 Å². The van der Waals surface area contributed by atoms with Gasteiger partial charge in [-0.1, -0.05) is 105 Å². The number of ether oxygens (including phenoxy) is 2. The van der Waals surface area contributed by atoms with Crippen molar-refractivity contribution in [2.45, 2.75) is 83.0 Å². The SMILES string of the molecule is C=CC[C@H](CC(=O)N(CCO)Cc1ccccc1)C(=O)N[C@H](COC(=O)[C@@H](CC=C)NC(=O)OCc1ccccc1)CC1CCCCC1. The summed E-state index contributed by atoms with van der Waals surface area (Å²) in [5.74, 6) is -1.56. The Morgan fingerprint density at radius 2 is 1.52 bits per heavy atom. The van der Waals surface area contributed by atoms with Crippen molar-refractivity contribution < 1.29 is 33.8 Å². The largest absolute Gasteiger partial charge is 0.462 e. The van der Waals surface area contributed by atoms with E-state index in [1.54, 1.807) is 11.0 Å². The van der Waals surface area contributed by atoms with Gasteiger partial charge in [0, 0.05) is 19.5 Å². The van der Waals surface area contributed by atoms with E-state index in [2.05, 4.69) is 23.8 Å². The molecule has 0 bridgehead atoms. The van der Waals surface area contributed by atoms with E-state index >= 15 is 0 Å². The molecule has 0 spiro atoms. The summed E-state index contributed by atoms with van der Waals surface area (Å²) in [5, 5.41) is 15.2. The number of carbonyl (C=O) groups is 4. The molecule has 3 N–H and O–H groups in total. The second-order valence-electron chi connectivity index (χ2n) is 12.3. The van der Waals surface area contributed by atoms with Gasteiger partial charge in [0.1, 0.15) is 19.3 Å². The first-order chi connectivity index (χ1) is 23.3. The molecule has 1 aliphatic carbocycles. The number of rotatable bonds is 20. The highest BCUT2D eigenvalue weighted by Gasteiger charge is 2.29. The lowest BCUT2D eigenvalue weighted by Gasteiger charge is -2.29. The first-order valence-corrected chi connectivity index (χ1v) is 16.9. The minimum absolute atomic E-state index is 0.0520. The van der Waals surface area contributed by atoms with E-state index in [1.807, 2.05) is 60.7 Å². The molecule has 2 aromatic rings. The highest BCUT2D eigenvalue weighted by Crippen LogP contribution is 2.28. The van der Waals surface area contributed by atoms with Crippen LogP contribution >= 0.6 is 0 Å². The van der Waals surface area contributed by atoms with Crippen LogP contribution in [-0.4, -0.2) is 65.7 Å². The Balaban J connectivity index is 1.64. The summed E-state index contributed by atoms with van der Waals surface area (Å²) in [7, 11) is 0. The van der Waals surface area contributed by atoms with E-state index in [1.165, 1.54) is 12.5 Å². The quantitative estimate of drug-likeness (QED) is 0.127. The Bertz CT molecular complexity index is 1300. The number of hydrogen-bond acceptors (Lipinski definition) is 7. The number of allylic oxidation sites excluding steroid dienone is 1. The van der Waals surface area contributed by atoms with E-state index in [4.69, 9.17) is 9.47 Å². The van der Waals surface area contributed by atoms with Gasteiger partial charge in [0.15, 0.2) is 0 Å². The minimum Gasteiger partial charge on any atom is -0.462 e. The van der Waals surface area contributed by atoms with E-state index in [0.29, 0.717) is 18.9 Å². The first-order valence-electron chi connectivity index (χ1n) is 16.9. The van der Waals surface area contributed by atoms with Crippen LogP contribution in [0, 0.1) is 11.8 Å². The van der Waals surface area contributed by atoms with Crippen molar-refractivity contribution in [3.05, 3.63) is 97.1 Å². The smallest absolute Gasteiger partial charge is 0.408 e. The van der Waals surface area contributed by atoms with Gasteiger partial charge >= 0.3 is 12.1 Å². The molecular weight excluding hydrogens is 610 g/mol. The van der Waals surface area contributed by atoms with Crippen LogP contribution in [0.3, 0.4) is 0 Å². The number of alkyl carbamates (subject to hydrolysis) is 1. The summed E-state index contributed by atoms with van der Waals surface area (Å²) in [6, 6.07) is 17.2. The zero-order valence-corrected chi connectivity index (χ0v) is 27.9. The molecule has 2 aromatic carbocycles. The number of esters is 1. The van der Waals surface area contributed by atoms with Crippen LogP contribution in [0.2, 0.25) is 0 Å². The molecule has 3 rings (SSSR count). The van der Waals surface area contributed by atoms with Gasteiger partial charge in [0.05, 0.1) is 18.6 Å². The standard InChI is InChI=1S/C38H51N3O7/c1-3-14-32(25-35(43)41(22-23-42)26-30-18-10-6-11-19-30)36(44)39-33(24-29-16-8-5-9-17-29)28-47-37(45)34(15-4-2)40-38(46)48-27-31-20-12-7-13-21-31/h3-4,6-7,10-13,18-21,29,32-34,42H,1-2,5,8-9,14-17,22-28H2,(H,39,44)(H,40,46)/t32-,33+,34-/m1/s1. The maximum Gasteiger partial charge on any atom is 0.408 e. The number of benzene rings is 2. The monoisotopic (exact) mass is 661 g/mol. The maximum atomic E-state index is 13.7. The third kappa shape index (κ3) is 13.7. The molecule has 48 heavy (non-hydrogen) atoms. The van der Waals surface area contributed by atoms with Gasteiger partial charge < -0.3 is 30.1 Å². The molecule has 0 aliphatic heterocycles. The van der Waals surface area contributed by atoms with Crippen molar-refractivity contribution in [2.75, 3.05) is 19.8 Å². The average Bonchev–Trinajstić information content (AvgIpc) is 3.10. The van der Waals surface area contributed by atoms with Gasteiger partial charge in [-0.05, 0) is 36.3 Å². The van der Waals surface area contributed by atoms with E-state index in [0.717, 1.165) is 36.8 Å². The lowest BCUT2D eigenvalue weighted by Crippen LogP contribution is -2.46. The third-order valence-electron chi connectivity index (χ3n) is 8.49. The van der Waals surface area contributed by atoms with Crippen molar-refractivity contribution in [1.82, 2.24) is 15.5 Å². The molecule has 1 saturated carbocycles. The molecule has 0 unspecified atom stereocenters. The number of nitrogens with one attached hydrogen (secondary N) is 2. The molecule has 0 saturated heterocycles. The van der Waals surface area contributed by atoms with E-state index in [9.17, 15) is 24.3 Å². The van der Waals surface area contributed by atoms with Crippen LogP contribution in [0.1, 0.15) is 68.9 Å². The third-order valence-corrected chi connectivity index (χ3v) is 8.49. The molecule has 10 nitrogen and oxygen atoms in total. The fourth-order valence-electron chi connectivity index (χ4n) is 5.92. The van der Waals surface area contributed by atoms with Gasteiger partial charge in [0.2, 0.25) is 11.8 Å². The van der Waals surface area contributed by atoms with E-state index < -0.39 is 30.1 Å². The minimum atomic E-state index is -1.01. The molecule has 3 atom stereocenters. The highest BCUT2D eigenvalue weighted by molar-refractivity contribution is 5.86. The van der Waals surface area contributed by atoms with Crippen molar-refractivity contribution in [2.24, 2.45) is 11.8 Å². The molecule has 3 amide bonds. The van der Waals surface area contributed by atoms with Crippen LogP contribution in [0.5, 0.6) is 0 Å². The van der Waals surface area contributed by atoms with Crippen molar-refractivity contribution in [3.8, 4) is 0 Å². The normalized spacial score (nSPS) is 14.9. The number of nitrogens with zero attached hydrogens (tertiary/aromatic N) is 1. The average molecular weight is 662 g/mol. The molecule has 0 aromatic heterocycles. The number of carbonyl (C=O) groups excluding carboxylic acids is 4. The summed E-state index contributed by atoms with van der Waals surface area (Å²) in [6.07, 6.45) is 8.80.